The molecule has 8 aromatic carbocycles. The molecule has 0 N–H and O–H groups in total. The molecule has 3 heteroatoms. The van der Waals surface area contributed by atoms with E-state index in [1.165, 1.54) is 53.3 Å². The van der Waals surface area contributed by atoms with E-state index < -0.39 is 0 Å². The Bertz CT molecular complexity index is 2840. The van der Waals surface area contributed by atoms with Gasteiger partial charge in [0, 0.05) is 42.3 Å². The summed E-state index contributed by atoms with van der Waals surface area (Å²) < 4.78 is 8.80. The van der Waals surface area contributed by atoms with Gasteiger partial charge in [0.1, 0.15) is 11.2 Å². The van der Waals surface area contributed by atoms with E-state index in [9.17, 15) is 0 Å². The van der Waals surface area contributed by atoms with Gasteiger partial charge in [-0.2, -0.15) is 0 Å². The van der Waals surface area contributed by atoms with Crippen molar-refractivity contribution in [1.29, 1.82) is 0 Å². The molecule has 0 atom stereocenters. The third-order valence-corrected chi connectivity index (χ3v) is 10.8. The number of benzene rings is 8. The van der Waals surface area contributed by atoms with Gasteiger partial charge >= 0.3 is 0 Å². The summed E-state index contributed by atoms with van der Waals surface area (Å²) in [5, 5.41) is 7.34. The molecule has 10 aromatic rings. The molecule has 0 bridgehead atoms. The lowest BCUT2D eigenvalue weighted by atomic mass is 9.98. The number of thiophene rings is 1. The van der Waals surface area contributed by atoms with Crippen molar-refractivity contribution in [3.05, 3.63) is 176 Å². The summed E-state index contributed by atoms with van der Waals surface area (Å²) in [7, 11) is 0. The van der Waals surface area contributed by atoms with Crippen molar-refractivity contribution in [2.75, 3.05) is 4.90 Å². The van der Waals surface area contributed by atoms with Crippen molar-refractivity contribution in [3.8, 4) is 22.3 Å². The molecule has 0 radical (unpaired) electrons. The molecule has 10 rings (SSSR count). The van der Waals surface area contributed by atoms with E-state index in [-0.39, 0.29) is 0 Å². The van der Waals surface area contributed by atoms with E-state index in [4.69, 9.17) is 4.42 Å². The molecular formula is C46H29NOS. The molecule has 2 heterocycles. The predicted octanol–water partition coefficient (Wildman–Crippen LogP) is 13.9. The summed E-state index contributed by atoms with van der Waals surface area (Å²) in [6, 6.07) is 63.3. The maximum absolute atomic E-state index is 6.22. The lowest BCUT2D eigenvalue weighted by Crippen LogP contribution is -2.10. The molecule has 0 saturated heterocycles. The van der Waals surface area contributed by atoms with Crippen LogP contribution in [0.5, 0.6) is 0 Å². The Hall–Kier alpha value is -6.16. The molecule has 0 amide bonds. The predicted molar refractivity (Wildman–Crippen MR) is 210 cm³/mol. The van der Waals surface area contributed by atoms with E-state index >= 15 is 0 Å². The van der Waals surface area contributed by atoms with Gasteiger partial charge in [0.2, 0.25) is 0 Å². The van der Waals surface area contributed by atoms with Gasteiger partial charge in [0.15, 0.2) is 0 Å². The van der Waals surface area contributed by atoms with Crippen molar-refractivity contribution < 1.29 is 4.42 Å². The summed E-state index contributed by atoms with van der Waals surface area (Å²) in [6.07, 6.45) is 0. The number of rotatable bonds is 5. The largest absolute Gasteiger partial charge is 0.456 e. The van der Waals surface area contributed by atoms with Crippen molar-refractivity contribution in [2.24, 2.45) is 0 Å². The lowest BCUT2D eigenvalue weighted by Gasteiger charge is -2.27. The molecule has 0 saturated carbocycles. The van der Waals surface area contributed by atoms with Crippen LogP contribution in [-0.4, -0.2) is 0 Å². The number of para-hydroxylation sites is 1. The van der Waals surface area contributed by atoms with Gasteiger partial charge in [0.25, 0.3) is 0 Å². The molecule has 0 aliphatic carbocycles. The highest BCUT2D eigenvalue weighted by atomic mass is 32.1. The molecule has 0 aliphatic rings. The van der Waals surface area contributed by atoms with Gasteiger partial charge in [-0.05, 0) is 93.7 Å². The normalized spacial score (nSPS) is 11.7. The standard InChI is InChI=1S/C46H29NOS/c1-2-11-32-28-34(23-22-30(32)10-1)33-12-7-13-36(29-33)47(40-17-9-21-44-46(40)39-15-4-6-20-43(39)49-44)35-26-24-31(25-27-35)37-16-8-19-42-45(37)38-14-3-5-18-41(38)48-42/h1-29H. The Morgan fingerprint density at radius 3 is 2.02 bits per heavy atom. The highest BCUT2D eigenvalue weighted by Crippen LogP contribution is 2.46. The van der Waals surface area contributed by atoms with Gasteiger partial charge in [-0.15, -0.1) is 11.3 Å². The maximum atomic E-state index is 6.22. The highest BCUT2D eigenvalue weighted by Gasteiger charge is 2.20. The SMILES string of the molecule is c1cc(-c2ccc3ccccc3c2)cc(N(c2ccc(-c3cccc4oc5ccccc5c34)cc2)c2cccc3sc4ccccc4c23)c1. The molecule has 2 nitrogen and oxygen atoms in total. The average Bonchev–Trinajstić information content (AvgIpc) is 3.74. The highest BCUT2D eigenvalue weighted by molar-refractivity contribution is 7.26. The van der Waals surface area contributed by atoms with Crippen LogP contribution in [0.2, 0.25) is 0 Å². The van der Waals surface area contributed by atoms with Crippen LogP contribution in [0.3, 0.4) is 0 Å². The zero-order valence-corrected chi connectivity index (χ0v) is 27.3. The zero-order chi connectivity index (χ0) is 32.3. The Kier molecular flexibility index (Phi) is 6.39. The van der Waals surface area contributed by atoms with Crippen LogP contribution in [-0.2, 0) is 0 Å². The zero-order valence-electron chi connectivity index (χ0n) is 26.5. The molecule has 2 aromatic heterocycles. The van der Waals surface area contributed by atoms with Crippen LogP contribution < -0.4 is 4.90 Å². The maximum Gasteiger partial charge on any atom is 0.136 e. The molecule has 0 spiro atoms. The summed E-state index contributed by atoms with van der Waals surface area (Å²) in [5.41, 5.74) is 9.92. The van der Waals surface area contributed by atoms with Crippen molar-refractivity contribution >= 4 is 81.3 Å². The molecular weight excluding hydrogens is 615 g/mol. The Morgan fingerprint density at radius 2 is 1.10 bits per heavy atom. The molecule has 0 unspecified atom stereocenters. The number of anilines is 3. The minimum Gasteiger partial charge on any atom is -0.456 e. The fourth-order valence-electron chi connectivity index (χ4n) is 7.37. The third kappa shape index (κ3) is 4.62. The number of furan rings is 1. The van der Waals surface area contributed by atoms with Crippen molar-refractivity contribution in [1.82, 2.24) is 0 Å². The first kappa shape index (κ1) is 27.9. The first-order chi connectivity index (χ1) is 24.3. The summed E-state index contributed by atoms with van der Waals surface area (Å²) >= 11 is 1.85. The van der Waals surface area contributed by atoms with Gasteiger partial charge in [0.05, 0.1) is 5.69 Å². The van der Waals surface area contributed by atoms with Crippen LogP contribution in [0, 0.1) is 0 Å². The first-order valence-electron chi connectivity index (χ1n) is 16.6. The van der Waals surface area contributed by atoms with Crippen LogP contribution in [0.4, 0.5) is 17.1 Å². The second-order valence-corrected chi connectivity index (χ2v) is 13.6. The van der Waals surface area contributed by atoms with Crippen molar-refractivity contribution in [3.63, 3.8) is 0 Å². The van der Waals surface area contributed by atoms with Gasteiger partial charge in [-0.1, -0.05) is 115 Å². The van der Waals surface area contributed by atoms with E-state index in [1.54, 1.807) is 0 Å². The second-order valence-electron chi connectivity index (χ2n) is 12.5. The summed E-state index contributed by atoms with van der Waals surface area (Å²) in [5.74, 6) is 0. The fourth-order valence-corrected chi connectivity index (χ4v) is 8.50. The van der Waals surface area contributed by atoms with Gasteiger partial charge in [-0.25, -0.2) is 0 Å². The minimum atomic E-state index is 0.908. The first-order valence-corrected chi connectivity index (χ1v) is 17.4. The molecule has 49 heavy (non-hydrogen) atoms. The van der Waals surface area contributed by atoms with Crippen LogP contribution >= 0.6 is 11.3 Å². The third-order valence-electron chi connectivity index (χ3n) is 9.65. The summed E-state index contributed by atoms with van der Waals surface area (Å²) in [4.78, 5) is 2.42. The van der Waals surface area contributed by atoms with Crippen LogP contribution in [0.1, 0.15) is 0 Å². The number of nitrogens with zero attached hydrogens (tertiary/aromatic N) is 1. The Labute approximate surface area is 287 Å². The lowest BCUT2D eigenvalue weighted by molar-refractivity contribution is 0.669. The fraction of sp³-hybridized carbons (Fsp3) is 0. The van der Waals surface area contributed by atoms with E-state index in [2.05, 4.69) is 169 Å². The van der Waals surface area contributed by atoms with E-state index in [0.717, 1.165) is 38.9 Å². The Balaban J connectivity index is 1.16. The average molecular weight is 644 g/mol. The monoisotopic (exact) mass is 643 g/mol. The minimum absolute atomic E-state index is 0.908. The topological polar surface area (TPSA) is 16.4 Å². The van der Waals surface area contributed by atoms with E-state index in [0.29, 0.717) is 0 Å². The quantitative estimate of drug-likeness (QED) is 0.186. The number of fused-ring (bicyclic) bond motifs is 7. The van der Waals surface area contributed by atoms with Crippen LogP contribution in [0.25, 0.3) is 75.1 Å². The van der Waals surface area contributed by atoms with E-state index in [1.807, 2.05) is 23.5 Å². The number of hydrogen-bond acceptors (Lipinski definition) is 3. The second kappa shape index (κ2) is 11.2. The smallest absolute Gasteiger partial charge is 0.136 e. The van der Waals surface area contributed by atoms with Crippen LogP contribution in [0.15, 0.2) is 180 Å². The molecule has 0 aliphatic heterocycles. The van der Waals surface area contributed by atoms with Gasteiger partial charge in [-0.3, -0.25) is 0 Å². The van der Waals surface area contributed by atoms with Crippen molar-refractivity contribution in [2.45, 2.75) is 0 Å². The van der Waals surface area contributed by atoms with Gasteiger partial charge < -0.3 is 9.32 Å². The molecule has 0 fully saturated rings. The number of hydrogen-bond donors (Lipinski definition) is 0. The summed E-state index contributed by atoms with van der Waals surface area (Å²) in [6.45, 7) is 0. The molecule has 230 valence electrons. The Morgan fingerprint density at radius 1 is 0.408 bits per heavy atom.